The first kappa shape index (κ1) is 26.5. The minimum atomic E-state index is -0.381. The summed E-state index contributed by atoms with van der Waals surface area (Å²) in [5.74, 6) is 1.18. The molecule has 35 heavy (non-hydrogen) atoms. The lowest BCUT2D eigenvalue weighted by Crippen LogP contribution is -2.40. The number of halogens is 1. The second-order valence-electron chi connectivity index (χ2n) is 7.38. The van der Waals surface area contributed by atoms with Crippen LogP contribution in [-0.2, 0) is 16.0 Å². The van der Waals surface area contributed by atoms with E-state index < -0.39 is 0 Å². The van der Waals surface area contributed by atoms with Gasteiger partial charge in [-0.3, -0.25) is 14.5 Å². The molecule has 182 valence electrons. The van der Waals surface area contributed by atoms with Crippen LogP contribution in [0.3, 0.4) is 0 Å². The Morgan fingerprint density at radius 3 is 2.54 bits per heavy atom. The molecule has 3 aromatic rings. The molecule has 6 nitrogen and oxygen atoms in total. The van der Waals surface area contributed by atoms with Gasteiger partial charge in [0.15, 0.2) is 0 Å². The topological polar surface area (TPSA) is 71.8 Å². The summed E-state index contributed by atoms with van der Waals surface area (Å²) in [6, 6.07) is 18.5. The minimum absolute atomic E-state index is 0.175. The van der Waals surface area contributed by atoms with Gasteiger partial charge < -0.3 is 14.5 Å². The van der Waals surface area contributed by atoms with Crippen LogP contribution in [0, 0.1) is 0 Å². The van der Waals surface area contributed by atoms with Crippen LogP contribution in [0.25, 0.3) is 17.4 Å². The summed E-state index contributed by atoms with van der Waals surface area (Å²) in [6.07, 6.45) is 4.06. The van der Waals surface area contributed by atoms with Gasteiger partial charge in [-0.15, -0.1) is 11.8 Å². The van der Waals surface area contributed by atoms with Gasteiger partial charge in [0.05, 0.1) is 22.5 Å². The van der Waals surface area contributed by atoms with Crippen molar-refractivity contribution in [3.8, 4) is 17.1 Å². The number of methoxy groups -OCH3 is 1. The van der Waals surface area contributed by atoms with E-state index in [1.54, 1.807) is 37.6 Å². The molecule has 1 N–H and O–H groups in total. The smallest absolute Gasteiger partial charge is 0.265 e. The van der Waals surface area contributed by atoms with E-state index in [0.29, 0.717) is 34.4 Å². The van der Waals surface area contributed by atoms with E-state index >= 15 is 0 Å². The normalized spacial score (nSPS) is 11.1. The third kappa shape index (κ3) is 7.45. The van der Waals surface area contributed by atoms with Crippen molar-refractivity contribution in [2.24, 2.45) is 0 Å². The Morgan fingerprint density at radius 1 is 1.14 bits per heavy atom. The van der Waals surface area contributed by atoms with E-state index in [9.17, 15) is 9.59 Å². The van der Waals surface area contributed by atoms with E-state index in [1.807, 2.05) is 42.5 Å². The number of rotatable bonds is 11. The SMILES string of the molecule is COc1ccc(CCNC(=O)CN(C=S)C(=O)/C(=C/c2ccc(-c3ccccc3Cl)o2)SC)cc1. The van der Waals surface area contributed by atoms with Crippen molar-refractivity contribution in [2.75, 3.05) is 26.5 Å². The average molecular weight is 529 g/mol. The van der Waals surface area contributed by atoms with Gasteiger partial charge in [-0.05, 0) is 60.7 Å². The molecule has 2 aromatic carbocycles. The molecule has 0 atom stereocenters. The number of hydrogen-bond acceptors (Lipinski definition) is 6. The standard InChI is InChI=1S/C26H25ClN2O4S2/c1-32-19-9-7-18(8-10-19)13-14-28-25(30)16-29(17-34)26(31)24(35-2)15-20-11-12-23(33-20)21-5-3-4-6-22(21)27/h3-12,15,17H,13-14,16H2,1-2H3,(H,28,30)/b24-15-. The van der Waals surface area contributed by atoms with Crippen LogP contribution in [0.5, 0.6) is 5.75 Å². The Hall–Kier alpha value is -3.07. The van der Waals surface area contributed by atoms with Crippen LogP contribution < -0.4 is 10.1 Å². The molecular formula is C26H25ClN2O4S2. The molecule has 0 aliphatic carbocycles. The second kappa shape index (κ2) is 13.1. The lowest BCUT2D eigenvalue weighted by atomic mass is 10.1. The predicted octanol–water partition coefficient (Wildman–Crippen LogP) is 5.46. The highest BCUT2D eigenvalue weighted by atomic mass is 35.5. The lowest BCUT2D eigenvalue weighted by molar-refractivity contribution is -0.128. The monoisotopic (exact) mass is 528 g/mol. The Balaban J connectivity index is 1.59. The molecule has 0 aliphatic rings. The molecule has 0 saturated carbocycles. The van der Waals surface area contributed by atoms with Crippen LogP contribution in [0.1, 0.15) is 11.3 Å². The quantitative estimate of drug-likeness (QED) is 0.263. The number of hydrogen-bond donors (Lipinski definition) is 1. The van der Waals surface area contributed by atoms with Crippen LogP contribution >= 0.6 is 35.6 Å². The number of furan rings is 1. The van der Waals surface area contributed by atoms with E-state index in [2.05, 4.69) is 5.32 Å². The zero-order chi connectivity index (χ0) is 25.2. The Morgan fingerprint density at radius 2 is 1.89 bits per heavy atom. The third-order valence-corrected chi connectivity index (χ3v) is 6.38. The fraction of sp³-hybridized carbons (Fsp3) is 0.192. The van der Waals surface area contributed by atoms with Crippen molar-refractivity contribution in [1.82, 2.24) is 10.2 Å². The van der Waals surface area contributed by atoms with Crippen LogP contribution in [0.2, 0.25) is 5.02 Å². The fourth-order valence-corrected chi connectivity index (χ4v) is 4.15. The first-order chi connectivity index (χ1) is 16.9. The summed E-state index contributed by atoms with van der Waals surface area (Å²) >= 11 is 12.5. The maximum absolute atomic E-state index is 13.0. The molecule has 0 unspecified atom stereocenters. The zero-order valence-electron chi connectivity index (χ0n) is 19.3. The van der Waals surface area contributed by atoms with E-state index in [1.165, 1.54) is 22.2 Å². The summed E-state index contributed by atoms with van der Waals surface area (Å²) in [5.41, 5.74) is 3.01. The van der Waals surface area contributed by atoms with Gasteiger partial charge >= 0.3 is 0 Å². The third-order valence-electron chi connectivity index (χ3n) is 5.07. The van der Waals surface area contributed by atoms with Gasteiger partial charge in [-0.25, -0.2) is 0 Å². The van der Waals surface area contributed by atoms with Gasteiger partial charge in [0, 0.05) is 12.1 Å². The van der Waals surface area contributed by atoms with Crippen molar-refractivity contribution in [2.45, 2.75) is 6.42 Å². The number of nitrogens with one attached hydrogen (secondary N) is 1. The lowest BCUT2D eigenvalue weighted by Gasteiger charge is -2.17. The van der Waals surface area contributed by atoms with E-state index in [0.717, 1.165) is 16.9 Å². The van der Waals surface area contributed by atoms with Crippen molar-refractivity contribution in [3.63, 3.8) is 0 Å². The second-order valence-corrected chi connectivity index (χ2v) is 8.85. The Labute approximate surface area is 219 Å². The van der Waals surface area contributed by atoms with Crippen molar-refractivity contribution >= 4 is 59.0 Å². The number of amides is 2. The van der Waals surface area contributed by atoms with Crippen molar-refractivity contribution < 1.29 is 18.7 Å². The summed E-state index contributed by atoms with van der Waals surface area (Å²) in [5, 5.41) is 3.40. The largest absolute Gasteiger partial charge is 0.497 e. The Bertz CT molecular complexity index is 1210. The highest BCUT2D eigenvalue weighted by Crippen LogP contribution is 2.30. The molecule has 0 saturated heterocycles. The first-order valence-electron chi connectivity index (χ1n) is 10.7. The maximum Gasteiger partial charge on any atom is 0.265 e. The van der Waals surface area contributed by atoms with Crippen LogP contribution in [0.4, 0.5) is 0 Å². The number of thiocarbonyl (C=S) groups is 1. The van der Waals surface area contributed by atoms with E-state index in [4.69, 9.17) is 33.0 Å². The van der Waals surface area contributed by atoms with Crippen molar-refractivity contribution in [3.05, 3.63) is 81.9 Å². The van der Waals surface area contributed by atoms with Gasteiger partial charge in [-0.2, -0.15) is 0 Å². The number of benzene rings is 2. The summed E-state index contributed by atoms with van der Waals surface area (Å²) < 4.78 is 11.0. The number of carbonyl (C=O) groups excluding carboxylic acids is 2. The number of thioether (sulfide) groups is 1. The summed E-state index contributed by atoms with van der Waals surface area (Å²) in [6.45, 7) is 0.263. The molecule has 9 heteroatoms. The molecule has 0 fully saturated rings. The number of carbonyl (C=O) groups is 2. The predicted molar refractivity (Wildman–Crippen MR) is 146 cm³/mol. The Kier molecular flexibility index (Phi) is 9.96. The minimum Gasteiger partial charge on any atom is -0.497 e. The van der Waals surface area contributed by atoms with Crippen LogP contribution in [-0.4, -0.2) is 48.7 Å². The summed E-state index contributed by atoms with van der Waals surface area (Å²) in [7, 11) is 1.61. The van der Waals surface area contributed by atoms with Gasteiger partial charge in [0.1, 0.15) is 23.8 Å². The number of ether oxygens (including phenoxy) is 1. The fourth-order valence-electron chi connectivity index (χ4n) is 3.22. The molecule has 0 bridgehead atoms. The van der Waals surface area contributed by atoms with Crippen LogP contribution in [0.15, 0.2) is 70.0 Å². The molecular weight excluding hydrogens is 504 g/mol. The highest BCUT2D eigenvalue weighted by molar-refractivity contribution is 8.03. The first-order valence-corrected chi connectivity index (χ1v) is 12.8. The molecule has 1 aromatic heterocycles. The zero-order valence-corrected chi connectivity index (χ0v) is 21.7. The van der Waals surface area contributed by atoms with Gasteiger partial charge in [0.25, 0.3) is 5.91 Å². The van der Waals surface area contributed by atoms with E-state index in [-0.39, 0.29) is 18.4 Å². The molecule has 1 heterocycles. The molecule has 3 rings (SSSR count). The molecule has 0 radical (unpaired) electrons. The molecule has 0 aliphatic heterocycles. The molecule has 2 amide bonds. The maximum atomic E-state index is 13.0. The highest BCUT2D eigenvalue weighted by Gasteiger charge is 2.20. The molecule has 0 spiro atoms. The average Bonchev–Trinajstić information content (AvgIpc) is 3.34. The summed E-state index contributed by atoms with van der Waals surface area (Å²) in [4.78, 5) is 27.0. The van der Waals surface area contributed by atoms with Crippen molar-refractivity contribution in [1.29, 1.82) is 0 Å². The van der Waals surface area contributed by atoms with Gasteiger partial charge in [-0.1, -0.05) is 48.1 Å². The van der Waals surface area contributed by atoms with Gasteiger partial charge in [0.2, 0.25) is 5.91 Å². The number of nitrogens with zero attached hydrogens (tertiary/aromatic N) is 1.